The van der Waals surface area contributed by atoms with Gasteiger partial charge in [0.05, 0.1) is 12.0 Å². The summed E-state index contributed by atoms with van der Waals surface area (Å²) in [6, 6.07) is 34.0. The van der Waals surface area contributed by atoms with Crippen LogP contribution < -0.4 is 15.7 Å². The van der Waals surface area contributed by atoms with Gasteiger partial charge in [-0.25, -0.2) is 9.59 Å². The van der Waals surface area contributed by atoms with Gasteiger partial charge in [-0.3, -0.25) is 14.5 Å². The first-order valence-corrected chi connectivity index (χ1v) is 17.0. The third-order valence-electron chi connectivity index (χ3n) is 8.49. The lowest BCUT2D eigenvalue weighted by Crippen LogP contribution is -2.74. The van der Waals surface area contributed by atoms with Crippen LogP contribution in [0.3, 0.4) is 0 Å². The monoisotopic (exact) mass is 686 g/mol. The molecule has 3 heterocycles. The van der Waals surface area contributed by atoms with Gasteiger partial charge in [0, 0.05) is 28.7 Å². The zero-order valence-corrected chi connectivity index (χ0v) is 27.3. The molecule has 0 spiro atoms. The number of fused-ring (bicyclic) bond motifs is 2. The van der Waals surface area contributed by atoms with Gasteiger partial charge in [0.25, 0.3) is 5.91 Å². The first kappa shape index (κ1) is 32.6. The minimum absolute atomic E-state index is 0.0104. The molecular formula is C39H30N2O8S. The molecule has 1 N–H and O–H groups in total. The molecule has 2 aliphatic heterocycles. The van der Waals surface area contributed by atoms with Crippen molar-refractivity contribution in [3.8, 4) is 5.75 Å². The number of nitrogens with one attached hydrogen (secondary N) is 1. The van der Waals surface area contributed by atoms with E-state index in [-0.39, 0.29) is 34.8 Å². The molecular weight excluding hydrogens is 657 g/mol. The van der Waals surface area contributed by atoms with Crippen molar-refractivity contribution in [1.82, 2.24) is 10.2 Å². The Balaban J connectivity index is 1.23. The van der Waals surface area contributed by atoms with Crippen molar-refractivity contribution in [2.45, 2.75) is 23.9 Å². The van der Waals surface area contributed by atoms with E-state index in [0.717, 1.165) is 10.5 Å². The molecule has 10 nitrogen and oxygen atoms in total. The normalized spacial score (nSPS) is 18.4. The molecule has 2 aliphatic rings. The zero-order chi connectivity index (χ0) is 34.8. The summed E-state index contributed by atoms with van der Waals surface area (Å²) in [5.74, 6) is -1.63. The second-order valence-corrected chi connectivity index (χ2v) is 13.3. The Labute approximate surface area is 289 Å². The van der Waals surface area contributed by atoms with Crippen molar-refractivity contribution in [1.29, 1.82) is 0 Å². The molecule has 1 saturated heterocycles. The summed E-state index contributed by atoms with van der Waals surface area (Å²) in [5.41, 5.74) is 1.81. The van der Waals surface area contributed by atoms with Crippen molar-refractivity contribution < 1.29 is 32.8 Å². The molecule has 0 unspecified atom stereocenters. The van der Waals surface area contributed by atoms with E-state index in [1.165, 1.54) is 12.1 Å². The molecule has 1 fully saturated rings. The number of hydrogen-bond acceptors (Lipinski definition) is 8. The van der Waals surface area contributed by atoms with Crippen LogP contribution in [-0.2, 0) is 36.7 Å². The molecule has 11 heteroatoms. The van der Waals surface area contributed by atoms with Crippen LogP contribution in [0.5, 0.6) is 5.75 Å². The van der Waals surface area contributed by atoms with Gasteiger partial charge >= 0.3 is 11.6 Å². The number of carbonyl (C=O) groups excluding carboxylic acids is 3. The van der Waals surface area contributed by atoms with Crippen LogP contribution in [0.25, 0.3) is 11.0 Å². The molecule has 4 aromatic carbocycles. The van der Waals surface area contributed by atoms with Gasteiger partial charge in [-0.1, -0.05) is 91.0 Å². The summed E-state index contributed by atoms with van der Waals surface area (Å²) < 4.78 is 31.4. The number of ether oxygens (including phenoxy) is 2. The van der Waals surface area contributed by atoms with Crippen molar-refractivity contribution in [2.75, 3.05) is 6.61 Å². The van der Waals surface area contributed by atoms with Crippen LogP contribution >= 0.6 is 0 Å². The summed E-state index contributed by atoms with van der Waals surface area (Å²) in [6.45, 7) is 3.73. The van der Waals surface area contributed by atoms with Gasteiger partial charge in [0.2, 0.25) is 11.3 Å². The number of benzene rings is 4. The third kappa shape index (κ3) is 6.43. The van der Waals surface area contributed by atoms with Crippen LogP contribution in [0.4, 0.5) is 0 Å². The van der Waals surface area contributed by atoms with E-state index in [2.05, 4.69) is 11.9 Å². The highest BCUT2D eigenvalue weighted by molar-refractivity contribution is 7.96. The maximum absolute atomic E-state index is 14.3. The van der Waals surface area contributed by atoms with E-state index in [9.17, 15) is 23.7 Å². The van der Waals surface area contributed by atoms with Crippen molar-refractivity contribution >= 4 is 39.9 Å². The van der Waals surface area contributed by atoms with Gasteiger partial charge in [0.15, 0.2) is 17.1 Å². The Morgan fingerprint density at radius 2 is 1.50 bits per heavy atom. The summed E-state index contributed by atoms with van der Waals surface area (Å²) in [7, 11) is 0. The number of carbonyl (C=O) groups is 3. The number of rotatable bonds is 10. The summed E-state index contributed by atoms with van der Waals surface area (Å²) in [4.78, 5) is 54.1. The average Bonchev–Trinajstić information content (AvgIpc) is 3.14. The SMILES string of the molecule is C=C1C(COc2ccc3ccc(=O)oc3c2)=C(C(=O)OC(c2ccccc2)c2ccccc2)N2C(=O)[C@@H](NC(=O)Cc3ccccc3)[C@H]2[S@@+]1[O-]. The molecule has 7 rings (SSSR count). The summed E-state index contributed by atoms with van der Waals surface area (Å²) in [6.07, 6.45) is -0.837. The van der Waals surface area contributed by atoms with Crippen LogP contribution in [0.15, 0.2) is 153 Å². The van der Waals surface area contributed by atoms with Gasteiger partial charge < -0.3 is 23.8 Å². The number of nitrogens with zero attached hydrogens (tertiary/aromatic N) is 1. The fraction of sp³-hybridized carbons (Fsp3) is 0.128. The molecule has 0 saturated carbocycles. The van der Waals surface area contributed by atoms with Crippen LogP contribution in [0.2, 0.25) is 0 Å². The van der Waals surface area contributed by atoms with Crippen molar-refractivity contribution in [2.24, 2.45) is 0 Å². The molecule has 0 aliphatic carbocycles. The average molecular weight is 687 g/mol. The van der Waals surface area contributed by atoms with E-state index in [4.69, 9.17) is 13.9 Å². The third-order valence-corrected chi connectivity index (χ3v) is 10.1. The summed E-state index contributed by atoms with van der Waals surface area (Å²) in [5, 5.41) is 2.28. The first-order chi connectivity index (χ1) is 24.3. The van der Waals surface area contributed by atoms with Gasteiger partial charge in [0.1, 0.15) is 23.6 Å². The Morgan fingerprint density at radius 1 is 0.880 bits per heavy atom. The van der Waals surface area contributed by atoms with E-state index in [1.807, 2.05) is 66.7 Å². The molecule has 3 atom stereocenters. The van der Waals surface area contributed by atoms with E-state index < -0.39 is 52.1 Å². The smallest absolute Gasteiger partial charge is 0.356 e. The second kappa shape index (κ2) is 13.9. The lowest BCUT2D eigenvalue weighted by molar-refractivity contribution is -0.155. The molecule has 5 aromatic rings. The van der Waals surface area contributed by atoms with Crippen molar-refractivity contribution in [3.05, 3.63) is 171 Å². The standard InChI is InChI=1S/C39H30N2O8S/c1-24-30(23-47-29-19-17-26-18-20-33(43)48-31(26)22-29)35(39(45)49-36(27-13-7-3-8-14-27)28-15-9-4-10-16-28)41-37(44)34(38(41)50(24)46)40-32(42)21-25-11-5-2-6-12-25/h2-20,22,34,36,38H,1,21,23H2,(H,40,42)/t34-,38-,50+/m1/s1. The highest BCUT2D eigenvalue weighted by Gasteiger charge is 2.62. The van der Waals surface area contributed by atoms with Crippen LogP contribution in [0, 0.1) is 0 Å². The van der Waals surface area contributed by atoms with Gasteiger partial charge in [-0.05, 0) is 41.5 Å². The summed E-state index contributed by atoms with van der Waals surface area (Å²) >= 11 is -1.93. The fourth-order valence-corrected chi connectivity index (χ4v) is 7.53. The van der Waals surface area contributed by atoms with Gasteiger partial charge in [-0.2, -0.15) is 0 Å². The quantitative estimate of drug-likeness (QED) is 0.0945. The predicted molar refractivity (Wildman–Crippen MR) is 186 cm³/mol. The Bertz CT molecular complexity index is 2150. The minimum Gasteiger partial charge on any atom is -0.610 e. The second-order valence-electron chi connectivity index (χ2n) is 11.7. The molecule has 1 aromatic heterocycles. The Kier molecular flexibility index (Phi) is 9.07. The maximum atomic E-state index is 14.3. The van der Waals surface area contributed by atoms with E-state index in [1.54, 1.807) is 42.5 Å². The highest BCUT2D eigenvalue weighted by atomic mass is 32.2. The molecule has 250 valence electrons. The molecule has 0 radical (unpaired) electrons. The van der Waals surface area contributed by atoms with Crippen LogP contribution in [0.1, 0.15) is 22.8 Å². The van der Waals surface area contributed by atoms with Crippen molar-refractivity contribution in [3.63, 3.8) is 0 Å². The lowest BCUT2D eigenvalue weighted by atomic mass is 10.00. The zero-order valence-electron chi connectivity index (χ0n) is 26.5. The molecule has 50 heavy (non-hydrogen) atoms. The number of β-lactam (4-membered cyclic amide) rings is 1. The molecule has 2 amide bonds. The lowest BCUT2D eigenvalue weighted by Gasteiger charge is -2.49. The highest BCUT2D eigenvalue weighted by Crippen LogP contribution is 2.43. The number of esters is 1. The first-order valence-electron chi connectivity index (χ1n) is 15.8. The molecule has 0 bridgehead atoms. The predicted octanol–water partition coefficient (Wildman–Crippen LogP) is 4.93. The minimum atomic E-state index is -1.93. The maximum Gasteiger partial charge on any atom is 0.356 e. The van der Waals surface area contributed by atoms with Gasteiger partial charge in [-0.15, -0.1) is 0 Å². The Hall–Kier alpha value is -5.91. The number of hydrogen-bond donors (Lipinski definition) is 1. The van der Waals surface area contributed by atoms with Crippen LogP contribution in [-0.4, -0.2) is 45.3 Å². The largest absolute Gasteiger partial charge is 0.610 e. The van der Waals surface area contributed by atoms with E-state index in [0.29, 0.717) is 22.3 Å². The topological polar surface area (TPSA) is 138 Å². The van der Waals surface area contributed by atoms with E-state index >= 15 is 0 Å². The fourth-order valence-electron chi connectivity index (χ4n) is 6.01. The Morgan fingerprint density at radius 3 is 2.16 bits per heavy atom. The number of amides is 2.